The fourth-order valence-electron chi connectivity index (χ4n) is 1.11. The quantitative estimate of drug-likeness (QED) is 0.810. The van der Waals surface area contributed by atoms with Crippen molar-refractivity contribution in [1.29, 1.82) is 0 Å². The third-order valence-electron chi connectivity index (χ3n) is 1.74. The van der Waals surface area contributed by atoms with Gasteiger partial charge in [-0.25, -0.2) is 0 Å². The number of halogens is 2. The first-order valence-corrected chi connectivity index (χ1v) is 4.29. The molecule has 2 nitrogen and oxygen atoms in total. The van der Waals surface area contributed by atoms with E-state index in [1.165, 1.54) is 0 Å². The average Bonchev–Trinajstić information content (AvgIpc) is 2.12. The molecule has 13 heavy (non-hydrogen) atoms. The zero-order valence-electron chi connectivity index (χ0n) is 6.57. The van der Waals surface area contributed by atoms with E-state index in [2.05, 4.69) is 20.9 Å². The highest BCUT2D eigenvalue weighted by molar-refractivity contribution is 9.10. The van der Waals surface area contributed by atoms with Crippen LogP contribution in [0.5, 0.6) is 5.75 Å². The van der Waals surface area contributed by atoms with Gasteiger partial charge >= 0.3 is 0 Å². The molecular formula is C9H7Br2NO. The van der Waals surface area contributed by atoms with Crippen LogP contribution in [0.4, 0.5) is 0 Å². The summed E-state index contributed by atoms with van der Waals surface area (Å²) in [6.45, 7) is 0. The van der Waals surface area contributed by atoms with Crippen LogP contribution in [-0.2, 0) is 0 Å². The number of fused-ring (bicyclic) bond motifs is 1. The van der Waals surface area contributed by atoms with Gasteiger partial charge in [0.1, 0.15) is 5.75 Å². The van der Waals surface area contributed by atoms with Crippen molar-refractivity contribution in [3.8, 4) is 5.75 Å². The van der Waals surface area contributed by atoms with Gasteiger partial charge in [-0.2, -0.15) is 0 Å². The Morgan fingerprint density at radius 3 is 2.77 bits per heavy atom. The van der Waals surface area contributed by atoms with Crippen molar-refractivity contribution >= 4 is 43.7 Å². The molecule has 0 aliphatic carbocycles. The summed E-state index contributed by atoms with van der Waals surface area (Å²) in [5.41, 5.74) is 0. The van der Waals surface area contributed by atoms with Gasteiger partial charge in [-0.3, -0.25) is 4.98 Å². The maximum Gasteiger partial charge on any atom is 0.130 e. The highest BCUT2D eigenvalue weighted by Gasteiger charge is 2.01. The van der Waals surface area contributed by atoms with Crippen LogP contribution in [0.15, 0.2) is 35.1 Å². The first-order chi connectivity index (χ1) is 5.79. The molecule has 0 bridgehead atoms. The number of nitrogens with zero attached hydrogens (tertiary/aromatic N) is 1. The van der Waals surface area contributed by atoms with Crippen molar-refractivity contribution in [3.05, 3.63) is 35.1 Å². The standard InChI is InChI=1S/C9H6BrNO.BrH/c10-9-7-5-11-4-3-6(7)1-2-8(9)12;/h1-5,12H;1H. The largest absolute Gasteiger partial charge is 0.507 e. The second-order valence-corrected chi connectivity index (χ2v) is 3.29. The third kappa shape index (κ3) is 1.84. The van der Waals surface area contributed by atoms with Crippen molar-refractivity contribution in [2.75, 3.05) is 0 Å². The fourth-order valence-corrected chi connectivity index (χ4v) is 1.58. The Labute approximate surface area is 94.5 Å². The van der Waals surface area contributed by atoms with Crippen LogP contribution in [0.1, 0.15) is 0 Å². The molecule has 0 aliphatic rings. The van der Waals surface area contributed by atoms with E-state index in [-0.39, 0.29) is 22.7 Å². The number of rotatable bonds is 0. The van der Waals surface area contributed by atoms with E-state index in [9.17, 15) is 5.11 Å². The van der Waals surface area contributed by atoms with Crippen molar-refractivity contribution < 1.29 is 5.11 Å². The Bertz CT molecular complexity index is 431. The predicted octanol–water partition coefficient (Wildman–Crippen LogP) is 3.28. The van der Waals surface area contributed by atoms with E-state index in [0.29, 0.717) is 4.47 Å². The number of aromatic nitrogens is 1. The smallest absolute Gasteiger partial charge is 0.130 e. The van der Waals surface area contributed by atoms with E-state index in [0.717, 1.165) is 10.8 Å². The molecule has 2 aromatic rings. The highest BCUT2D eigenvalue weighted by atomic mass is 79.9. The minimum atomic E-state index is 0. The van der Waals surface area contributed by atoms with Crippen molar-refractivity contribution in [3.63, 3.8) is 0 Å². The maximum atomic E-state index is 9.34. The number of pyridine rings is 1. The van der Waals surface area contributed by atoms with Crippen molar-refractivity contribution in [2.45, 2.75) is 0 Å². The first-order valence-electron chi connectivity index (χ1n) is 3.50. The van der Waals surface area contributed by atoms with Gasteiger partial charge in [0.15, 0.2) is 0 Å². The molecule has 0 amide bonds. The normalized spacial score (nSPS) is 9.62. The lowest BCUT2D eigenvalue weighted by Crippen LogP contribution is -1.77. The van der Waals surface area contributed by atoms with Crippen LogP contribution in [0, 0.1) is 0 Å². The van der Waals surface area contributed by atoms with E-state index in [1.807, 2.05) is 12.1 Å². The minimum absolute atomic E-state index is 0. The molecule has 1 heterocycles. The van der Waals surface area contributed by atoms with Crippen molar-refractivity contribution in [1.82, 2.24) is 4.98 Å². The Hall–Kier alpha value is -0.610. The summed E-state index contributed by atoms with van der Waals surface area (Å²) in [5, 5.41) is 11.3. The van der Waals surface area contributed by atoms with Gasteiger partial charge < -0.3 is 5.11 Å². The Morgan fingerprint density at radius 2 is 2.00 bits per heavy atom. The summed E-state index contributed by atoms with van der Waals surface area (Å²) in [6.07, 6.45) is 3.45. The summed E-state index contributed by atoms with van der Waals surface area (Å²) >= 11 is 3.29. The van der Waals surface area contributed by atoms with E-state index in [1.54, 1.807) is 18.5 Å². The number of benzene rings is 1. The maximum absolute atomic E-state index is 9.34. The molecule has 0 atom stereocenters. The van der Waals surface area contributed by atoms with E-state index in [4.69, 9.17) is 0 Å². The first kappa shape index (κ1) is 10.5. The number of hydrogen-bond acceptors (Lipinski definition) is 2. The minimum Gasteiger partial charge on any atom is -0.507 e. The highest BCUT2D eigenvalue weighted by Crippen LogP contribution is 2.31. The molecule has 1 aromatic carbocycles. The summed E-state index contributed by atoms with van der Waals surface area (Å²) in [5.74, 6) is 0.246. The topological polar surface area (TPSA) is 33.1 Å². The molecule has 4 heteroatoms. The number of hydrogen-bond donors (Lipinski definition) is 1. The van der Waals surface area contributed by atoms with Gasteiger partial charge in [0.2, 0.25) is 0 Å². The number of phenols is 1. The molecule has 1 aromatic heterocycles. The van der Waals surface area contributed by atoms with Crippen LogP contribution in [0.25, 0.3) is 10.8 Å². The van der Waals surface area contributed by atoms with Crippen molar-refractivity contribution in [2.24, 2.45) is 0 Å². The van der Waals surface area contributed by atoms with Crippen LogP contribution in [0.2, 0.25) is 0 Å². The summed E-state index contributed by atoms with van der Waals surface area (Å²) in [4.78, 5) is 3.97. The van der Waals surface area contributed by atoms with Gasteiger partial charge in [0.05, 0.1) is 4.47 Å². The zero-order chi connectivity index (χ0) is 8.55. The lowest BCUT2D eigenvalue weighted by molar-refractivity contribution is 0.473. The molecule has 2 rings (SSSR count). The molecule has 0 unspecified atom stereocenters. The molecule has 0 radical (unpaired) electrons. The van der Waals surface area contributed by atoms with Gasteiger partial charge in [0.25, 0.3) is 0 Å². The van der Waals surface area contributed by atoms with Gasteiger partial charge in [0, 0.05) is 17.8 Å². The Kier molecular flexibility index (Phi) is 3.27. The second kappa shape index (κ2) is 4.07. The molecule has 0 saturated heterocycles. The van der Waals surface area contributed by atoms with Gasteiger partial charge in [-0.1, -0.05) is 6.07 Å². The predicted molar refractivity (Wildman–Crippen MR) is 61.4 cm³/mol. The summed E-state index contributed by atoms with van der Waals surface area (Å²) < 4.78 is 0.702. The SMILES string of the molecule is Br.Oc1ccc2ccncc2c1Br. The Balaban J connectivity index is 0.000000845. The lowest BCUT2D eigenvalue weighted by Gasteiger charge is -2.00. The molecular weight excluding hydrogens is 298 g/mol. The fraction of sp³-hybridized carbons (Fsp3) is 0. The van der Waals surface area contributed by atoms with Crippen LogP contribution < -0.4 is 0 Å². The molecule has 0 spiro atoms. The van der Waals surface area contributed by atoms with Crippen LogP contribution in [0.3, 0.4) is 0 Å². The molecule has 0 saturated carbocycles. The summed E-state index contributed by atoms with van der Waals surface area (Å²) in [7, 11) is 0. The zero-order valence-corrected chi connectivity index (χ0v) is 9.87. The molecule has 0 aliphatic heterocycles. The van der Waals surface area contributed by atoms with Crippen LogP contribution >= 0.6 is 32.9 Å². The van der Waals surface area contributed by atoms with Crippen LogP contribution in [-0.4, -0.2) is 10.1 Å². The Morgan fingerprint density at radius 1 is 1.23 bits per heavy atom. The monoisotopic (exact) mass is 303 g/mol. The molecule has 0 fully saturated rings. The number of phenolic OH excluding ortho intramolecular Hbond substituents is 1. The number of aromatic hydroxyl groups is 1. The summed E-state index contributed by atoms with van der Waals surface area (Å²) in [6, 6.07) is 5.42. The molecule has 1 N–H and O–H groups in total. The second-order valence-electron chi connectivity index (χ2n) is 2.50. The van der Waals surface area contributed by atoms with E-state index >= 15 is 0 Å². The van der Waals surface area contributed by atoms with Gasteiger partial charge in [-0.05, 0) is 33.4 Å². The lowest BCUT2D eigenvalue weighted by atomic mass is 10.2. The molecule has 68 valence electrons. The third-order valence-corrected chi connectivity index (χ3v) is 2.57. The van der Waals surface area contributed by atoms with E-state index < -0.39 is 0 Å². The van der Waals surface area contributed by atoms with Gasteiger partial charge in [-0.15, -0.1) is 17.0 Å². The average molecular weight is 305 g/mol.